The molecule has 3 heterocycles. The van der Waals surface area contributed by atoms with Crippen LogP contribution < -0.4 is 5.56 Å². The Hall–Kier alpha value is -3.07. The number of nitrogens with zero attached hydrogens (tertiary/aromatic N) is 5. The number of aromatic amines is 1. The summed E-state index contributed by atoms with van der Waals surface area (Å²) in [6, 6.07) is 3.24. The lowest BCUT2D eigenvalue weighted by atomic mass is 10.0. The highest BCUT2D eigenvalue weighted by Gasteiger charge is 2.20. The quantitative estimate of drug-likeness (QED) is 0.668. The van der Waals surface area contributed by atoms with Crippen LogP contribution in [0.25, 0.3) is 5.82 Å². The van der Waals surface area contributed by atoms with Crippen molar-refractivity contribution < 1.29 is 9.53 Å². The third-order valence-corrected chi connectivity index (χ3v) is 3.32. The number of carbonyl (C=O) groups excluding carboxylic acids is 1. The summed E-state index contributed by atoms with van der Waals surface area (Å²) < 4.78 is 7.82. The van der Waals surface area contributed by atoms with Crippen LogP contribution >= 0.6 is 0 Å². The van der Waals surface area contributed by atoms with E-state index < -0.39 is 11.3 Å². The van der Waals surface area contributed by atoms with Crippen LogP contribution in [0.3, 0.4) is 0 Å². The van der Waals surface area contributed by atoms with E-state index in [4.69, 9.17) is 4.74 Å². The van der Waals surface area contributed by atoms with Crippen LogP contribution in [0, 0.1) is 0 Å². The van der Waals surface area contributed by atoms with Gasteiger partial charge in [0.15, 0.2) is 5.82 Å². The van der Waals surface area contributed by atoms with Gasteiger partial charge in [-0.05, 0) is 12.1 Å². The van der Waals surface area contributed by atoms with Crippen molar-refractivity contribution in [3.05, 3.63) is 58.2 Å². The zero-order valence-electron chi connectivity index (χ0n) is 12.6. The van der Waals surface area contributed by atoms with Crippen molar-refractivity contribution in [2.45, 2.75) is 6.61 Å². The van der Waals surface area contributed by atoms with E-state index in [1.807, 2.05) is 0 Å². The Bertz CT molecular complexity index is 894. The number of aryl methyl sites for hydroxylation is 1. The molecule has 0 aliphatic heterocycles. The molecule has 0 bridgehead atoms. The molecule has 0 unspecified atom stereocenters. The minimum absolute atomic E-state index is 0.0557. The smallest absolute Gasteiger partial charge is 0.277 e. The summed E-state index contributed by atoms with van der Waals surface area (Å²) in [5, 5.41) is 6.68. The SMILES string of the molecule is COCc1nc(-n2cncn2)ccc1C(=O)c1c[nH]n(C)c1=O. The first-order chi connectivity index (χ1) is 11.1. The van der Waals surface area contributed by atoms with Gasteiger partial charge in [0.2, 0.25) is 5.78 Å². The Balaban J connectivity index is 2.06. The number of nitrogens with one attached hydrogen (secondary N) is 1. The molecule has 0 saturated carbocycles. The molecule has 0 amide bonds. The Morgan fingerprint density at radius 1 is 1.35 bits per heavy atom. The molecule has 0 aromatic carbocycles. The van der Waals surface area contributed by atoms with E-state index in [1.54, 1.807) is 19.2 Å². The zero-order valence-corrected chi connectivity index (χ0v) is 12.6. The lowest BCUT2D eigenvalue weighted by molar-refractivity contribution is 0.103. The van der Waals surface area contributed by atoms with Gasteiger partial charge in [-0.25, -0.2) is 14.6 Å². The Labute approximate surface area is 130 Å². The van der Waals surface area contributed by atoms with Crippen LogP contribution in [0.1, 0.15) is 21.6 Å². The summed E-state index contributed by atoms with van der Waals surface area (Å²) in [5.74, 6) is 0.101. The van der Waals surface area contributed by atoms with Gasteiger partial charge in [0.05, 0.1) is 12.3 Å². The van der Waals surface area contributed by atoms with E-state index in [1.165, 1.54) is 35.3 Å². The van der Waals surface area contributed by atoms with Crippen molar-refractivity contribution in [3.63, 3.8) is 0 Å². The normalized spacial score (nSPS) is 10.9. The lowest BCUT2D eigenvalue weighted by Crippen LogP contribution is -2.20. The number of methoxy groups -OCH3 is 1. The van der Waals surface area contributed by atoms with E-state index >= 15 is 0 Å². The molecule has 0 aliphatic rings. The van der Waals surface area contributed by atoms with Crippen molar-refractivity contribution >= 4 is 5.78 Å². The van der Waals surface area contributed by atoms with Gasteiger partial charge in [-0.2, -0.15) is 5.10 Å². The highest BCUT2D eigenvalue weighted by atomic mass is 16.5. The summed E-state index contributed by atoms with van der Waals surface area (Å²) in [7, 11) is 3.05. The van der Waals surface area contributed by atoms with Crippen LogP contribution in [0.15, 0.2) is 35.8 Å². The number of H-pyrrole nitrogens is 1. The minimum atomic E-state index is -0.406. The molecule has 1 N–H and O–H groups in total. The number of hydrogen-bond acceptors (Lipinski definition) is 6. The number of ketones is 1. The molecule has 118 valence electrons. The molecular weight excluding hydrogens is 300 g/mol. The van der Waals surface area contributed by atoms with Crippen molar-refractivity contribution in [1.82, 2.24) is 29.5 Å². The number of carbonyl (C=O) groups is 1. The van der Waals surface area contributed by atoms with Crippen LogP contribution in [-0.4, -0.2) is 42.4 Å². The third-order valence-electron chi connectivity index (χ3n) is 3.32. The second-order valence-corrected chi connectivity index (χ2v) is 4.82. The Kier molecular flexibility index (Phi) is 3.85. The average Bonchev–Trinajstić information content (AvgIpc) is 3.19. The summed E-state index contributed by atoms with van der Waals surface area (Å²) in [5.41, 5.74) is 0.403. The van der Waals surface area contributed by atoms with E-state index in [-0.39, 0.29) is 12.2 Å². The van der Waals surface area contributed by atoms with Gasteiger partial charge in [-0.3, -0.25) is 14.3 Å². The van der Waals surface area contributed by atoms with E-state index in [0.29, 0.717) is 17.1 Å². The van der Waals surface area contributed by atoms with E-state index in [9.17, 15) is 9.59 Å². The first-order valence-corrected chi connectivity index (χ1v) is 6.74. The summed E-state index contributed by atoms with van der Waals surface area (Å²) in [6.45, 7) is 0.133. The first-order valence-electron chi connectivity index (χ1n) is 6.74. The summed E-state index contributed by atoms with van der Waals surface area (Å²) >= 11 is 0. The molecule has 0 fully saturated rings. The molecule has 3 aromatic rings. The monoisotopic (exact) mass is 314 g/mol. The fourth-order valence-electron chi connectivity index (χ4n) is 2.17. The molecule has 0 aliphatic carbocycles. The molecule has 0 atom stereocenters. The number of aromatic nitrogens is 6. The largest absolute Gasteiger partial charge is 0.378 e. The summed E-state index contributed by atoms with van der Waals surface area (Å²) in [4.78, 5) is 32.8. The number of hydrogen-bond donors (Lipinski definition) is 1. The lowest BCUT2D eigenvalue weighted by Gasteiger charge is -2.08. The second kappa shape index (κ2) is 5.97. The maximum Gasteiger partial charge on any atom is 0.277 e. The highest BCUT2D eigenvalue weighted by molar-refractivity contribution is 6.09. The highest BCUT2D eigenvalue weighted by Crippen LogP contribution is 2.15. The standard InChI is InChI=1S/C14H14N6O3/c1-19-14(22)10(5-16-19)13(21)9-3-4-12(18-11(9)6-23-2)20-8-15-7-17-20/h3-5,7-8,16H,6H2,1-2H3. The number of rotatable bonds is 5. The molecule has 0 spiro atoms. The molecule has 3 aromatic heterocycles. The molecule has 0 radical (unpaired) electrons. The van der Waals surface area contributed by atoms with Gasteiger partial charge in [-0.15, -0.1) is 0 Å². The Morgan fingerprint density at radius 2 is 2.17 bits per heavy atom. The summed E-state index contributed by atoms with van der Waals surface area (Å²) in [6.07, 6.45) is 4.27. The minimum Gasteiger partial charge on any atom is -0.378 e. The van der Waals surface area contributed by atoms with Gasteiger partial charge in [0.1, 0.15) is 18.2 Å². The van der Waals surface area contributed by atoms with Crippen molar-refractivity contribution in [2.24, 2.45) is 7.05 Å². The van der Waals surface area contributed by atoms with Gasteiger partial charge < -0.3 is 9.84 Å². The van der Waals surface area contributed by atoms with Crippen molar-refractivity contribution in [1.29, 1.82) is 0 Å². The van der Waals surface area contributed by atoms with Crippen LogP contribution in [-0.2, 0) is 18.4 Å². The van der Waals surface area contributed by atoms with Crippen LogP contribution in [0.2, 0.25) is 0 Å². The van der Waals surface area contributed by atoms with E-state index in [2.05, 4.69) is 20.2 Å². The molecular formula is C14H14N6O3. The van der Waals surface area contributed by atoms with Crippen molar-refractivity contribution in [2.75, 3.05) is 7.11 Å². The molecule has 23 heavy (non-hydrogen) atoms. The molecule has 9 nitrogen and oxygen atoms in total. The number of ether oxygens (including phenoxy) is 1. The first kappa shape index (κ1) is 14.9. The van der Waals surface area contributed by atoms with Gasteiger partial charge in [-0.1, -0.05) is 0 Å². The van der Waals surface area contributed by atoms with Crippen LogP contribution in [0.5, 0.6) is 0 Å². The predicted octanol–water partition coefficient (Wildman–Crippen LogP) is 0.0665. The molecule has 0 saturated heterocycles. The number of pyridine rings is 1. The average molecular weight is 314 g/mol. The fraction of sp³-hybridized carbons (Fsp3) is 0.214. The second-order valence-electron chi connectivity index (χ2n) is 4.82. The fourth-order valence-corrected chi connectivity index (χ4v) is 2.17. The maximum atomic E-state index is 12.6. The van der Waals surface area contributed by atoms with Gasteiger partial charge >= 0.3 is 0 Å². The predicted molar refractivity (Wildman–Crippen MR) is 79.3 cm³/mol. The van der Waals surface area contributed by atoms with Gasteiger partial charge in [0.25, 0.3) is 5.56 Å². The van der Waals surface area contributed by atoms with Crippen molar-refractivity contribution in [3.8, 4) is 5.82 Å². The zero-order chi connectivity index (χ0) is 16.4. The maximum absolute atomic E-state index is 12.6. The Morgan fingerprint density at radius 3 is 2.78 bits per heavy atom. The molecule has 9 heteroatoms. The topological polar surface area (TPSA) is 108 Å². The van der Waals surface area contributed by atoms with Crippen LogP contribution in [0.4, 0.5) is 0 Å². The van der Waals surface area contributed by atoms with Gasteiger partial charge in [0, 0.05) is 25.9 Å². The third kappa shape index (κ3) is 2.69. The molecule has 3 rings (SSSR count). The van der Waals surface area contributed by atoms with E-state index in [0.717, 1.165) is 0 Å².